The van der Waals surface area contributed by atoms with Crippen molar-refractivity contribution in [3.63, 3.8) is 0 Å². The zero-order valence-electron chi connectivity index (χ0n) is 16.3. The van der Waals surface area contributed by atoms with E-state index in [1.54, 1.807) is 12.4 Å². The number of aryl methyl sites for hydroxylation is 1. The number of pyridine rings is 1. The zero-order valence-corrected chi connectivity index (χ0v) is 17.9. The summed E-state index contributed by atoms with van der Waals surface area (Å²) in [6, 6.07) is 20.0. The Bertz CT molecular complexity index is 1200. The van der Waals surface area contributed by atoms with E-state index in [0.29, 0.717) is 12.2 Å². The molecule has 0 saturated carbocycles. The van der Waals surface area contributed by atoms with Crippen LogP contribution in [0.25, 0.3) is 11.3 Å². The molecule has 2 aromatic heterocycles. The van der Waals surface area contributed by atoms with E-state index in [0.717, 1.165) is 32.4 Å². The van der Waals surface area contributed by atoms with E-state index in [2.05, 4.69) is 74.4 Å². The molecule has 1 unspecified atom stereocenters. The SMILES string of the molecule is Cc1ccc(-c2n[nH]c3c2C(c2ccc(Br)cc2)N(Cc2cccnc2)C3=O)cc1. The highest BCUT2D eigenvalue weighted by Crippen LogP contribution is 2.43. The van der Waals surface area contributed by atoms with Crippen LogP contribution in [0.5, 0.6) is 0 Å². The molecule has 0 fully saturated rings. The topological polar surface area (TPSA) is 61.9 Å². The van der Waals surface area contributed by atoms with Gasteiger partial charge in [-0.1, -0.05) is 64.0 Å². The standard InChI is InChI=1S/C24H19BrN4O/c1-15-4-6-17(7-5-15)21-20-22(28-27-21)24(30)29(14-16-3-2-12-26-13-16)23(20)18-8-10-19(25)11-9-18/h2-13,23H,14H2,1H3,(H,27,28). The number of hydrogen-bond acceptors (Lipinski definition) is 3. The number of fused-ring (bicyclic) bond motifs is 1. The summed E-state index contributed by atoms with van der Waals surface area (Å²) in [5.41, 5.74) is 6.52. The molecule has 5 rings (SSSR count). The van der Waals surface area contributed by atoms with Gasteiger partial charge in [0.25, 0.3) is 5.91 Å². The van der Waals surface area contributed by atoms with Gasteiger partial charge in [0.15, 0.2) is 0 Å². The van der Waals surface area contributed by atoms with Gasteiger partial charge in [0, 0.05) is 34.5 Å². The van der Waals surface area contributed by atoms with Gasteiger partial charge in [-0.05, 0) is 36.2 Å². The van der Waals surface area contributed by atoms with Crippen LogP contribution >= 0.6 is 15.9 Å². The third-order valence-electron chi connectivity index (χ3n) is 5.45. The minimum atomic E-state index is -0.226. The van der Waals surface area contributed by atoms with Crippen LogP contribution in [0.15, 0.2) is 77.5 Å². The lowest BCUT2D eigenvalue weighted by Gasteiger charge is -2.26. The highest BCUT2D eigenvalue weighted by Gasteiger charge is 2.42. The Morgan fingerprint density at radius 1 is 1.07 bits per heavy atom. The molecule has 0 saturated heterocycles. The fourth-order valence-electron chi connectivity index (χ4n) is 3.97. The summed E-state index contributed by atoms with van der Waals surface area (Å²) in [6.45, 7) is 2.53. The maximum atomic E-state index is 13.4. The number of carbonyl (C=O) groups is 1. The van der Waals surface area contributed by atoms with Crippen molar-refractivity contribution in [1.82, 2.24) is 20.1 Å². The van der Waals surface area contributed by atoms with Crippen LogP contribution in [-0.2, 0) is 6.54 Å². The molecule has 30 heavy (non-hydrogen) atoms. The monoisotopic (exact) mass is 458 g/mol. The predicted octanol–water partition coefficient (Wildman–Crippen LogP) is 5.29. The summed E-state index contributed by atoms with van der Waals surface area (Å²) in [5, 5.41) is 7.54. The van der Waals surface area contributed by atoms with Gasteiger partial charge in [-0.15, -0.1) is 0 Å². The maximum Gasteiger partial charge on any atom is 0.273 e. The van der Waals surface area contributed by atoms with Crippen LogP contribution in [-0.4, -0.2) is 26.0 Å². The number of amides is 1. The quantitative estimate of drug-likeness (QED) is 0.451. The summed E-state index contributed by atoms with van der Waals surface area (Å²) >= 11 is 3.51. The largest absolute Gasteiger partial charge is 0.322 e. The number of nitrogens with zero attached hydrogens (tertiary/aromatic N) is 3. The molecule has 3 heterocycles. The number of nitrogens with one attached hydrogen (secondary N) is 1. The van der Waals surface area contributed by atoms with Gasteiger partial charge in [-0.2, -0.15) is 5.10 Å². The Balaban J connectivity index is 1.64. The first-order valence-corrected chi connectivity index (χ1v) is 10.5. The van der Waals surface area contributed by atoms with Crippen molar-refractivity contribution in [1.29, 1.82) is 0 Å². The van der Waals surface area contributed by atoms with Crippen molar-refractivity contribution < 1.29 is 4.79 Å². The van der Waals surface area contributed by atoms with Crippen LogP contribution < -0.4 is 0 Å². The number of halogens is 1. The molecule has 1 aliphatic heterocycles. The molecule has 0 aliphatic carbocycles. The second-order valence-corrected chi connectivity index (χ2v) is 8.39. The van der Waals surface area contributed by atoms with E-state index in [-0.39, 0.29) is 11.9 Å². The van der Waals surface area contributed by atoms with Gasteiger partial charge in [0.05, 0.1) is 11.7 Å². The average molecular weight is 459 g/mol. The Morgan fingerprint density at radius 2 is 1.83 bits per heavy atom. The predicted molar refractivity (Wildman–Crippen MR) is 119 cm³/mol. The van der Waals surface area contributed by atoms with Crippen molar-refractivity contribution in [3.8, 4) is 11.3 Å². The summed E-state index contributed by atoms with van der Waals surface area (Å²) in [7, 11) is 0. The van der Waals surface area contributed by atoms with Gasteiger partial charge in [0.2, 0.25) is 0 Å². The van der Waals surface area contributed by atoms with Gasteiger partial charge < -0.3 is 4.90 Å². The molecular weight excluding hydrogens is 440 g/mol. The number of rotatable bonds is 4. The fraction of sp³-hybridized carbons (Fsp3) is 0.125. The lowest BCUT2D eigenvalue weighted by molar-refractivity contribution is 0.0730. The number of aromatic nitrogens is 3. The van der Waals surface area contributed by atoms with Crippen LogP contribution in [0.1, 0.15) is 38.8 Å². The van der Waals surface area contributed by atoms with Crippen molar-refractivity contribution in [2.75, 3.05) is 0 Å². The minimum Gasteiger partial charge on any atom is -0.322 e. The Morgan fingerprint density at radius 3 is 2.53 bits per heavy atom. The molecule has 2 aromatic carbocycles. The molecule has 6 heteroatoms. The second-order valence-electron chi connectivity index (χ2n) is 7.48. The lowest BCUT2D eigenvalue weighted by atomic mass is 9.95. The molecule has 0 spiro atoms. The number of carbonyl (C=O) groups excluding carboxylic acids is 1. The van der Waals surface area contributed by atoms with E-state index in [1.165, 1.54) is 5.56 Å². The Labute approximate surface area is 182 Å². The molecule has 5 nitrogen and oxygen atoms in total. The normalized spacial score (nSPS) is 15.5. The van der Waals surface area contributed by atoms with E-state index < -0.39 is 0 Å². The Kier molecular flexibility index (Phi) is 4.71. The van der Waals surface area contributed by atoms with Crippen LogP contribution in [0.4, 0.5) is 0 Å². The number of aromatic amines is 1. The second kappa shape index (κ2) is 7.54. The summed E-state index contributed by atoms with van der Waals surface area (Å²) in [4.78, 5) is 19.5. The molecule has 1 amide bonds. The first-order valence-electron chi connectivity index (χ1n) is 9.72. The molecule has 1 aliphatic rings. The average Bonchev–Trinajstić information content (AvgIpc) is 3.30. The number of H-pyrrole nitrogens is 1. The molecule has 4 aromatic rings. The van der Waals surface area contributed by atoms with Gasteiger partial charge in [0.1, 0.15) is 5.69 Å². The third kappa shape index (κ3) is 3.23. The molecule has 0 bridgehead atoms. The summed E-state index contributed by atoms with van der Waals surface area (Å²) in [5.74, 6) is -0.0485. The molecule has 0 radical (unpaired) electrons. The highest BCUT2D eigenvalue weighted by atomic mass is 79.9. The fourth-order valence-corrected chi connectivity index (χ4v) is 4.24. The van der Waals surface area contributed by atoms with Crippen molar-refractivity contribution in [2.45, 2.75) is 19.5 Å². The van der Waals surface area contributed by atoms with Crippen molar-refractivity contribution >= 4 is 21.8 Å². The van der Waals surface area contributed by atoms with Crippen molar-refractivity contribution in [3.05, 3.63) is 105 Å². The Hall–Kier alpha value is -3.25. The smallest absolute Gasteiger partial charge is 0.273 e. The van der Waals surface area contributed by atoms with Crippen LogP contribution in [0, 0.1) is 6.92 Å². The van der Waals surface area contributed by atoms with Gasteiger partial charge in [-0.25, -0.2) is 0 Å². The van der Waals surface area contributed by atoms with Gasteiger partial charge >= 0.3 is 0 Å². The number of benzene rings is 2. The van der Waals surface area contributed by atoms with Gasteiger partial charge in [-0.3, -0.25) is 14.9 Å². The van der Waals surface area contributed by atoms with E-state index in [4.69, 9.17) is 0 Å². The lowest BCUT2D eigenvalue weighted by Crippen LogP contribution is -2.29. The van der Waals surface area contributed by atoms with Crippen molar-refractivity contribution in [2.24, 2.45) is 0 Å². The summed E-state index contributed by atoms with van der Waals surface area (Å²) < 4.78 is 1.00. The molecular formula is C24H19BrN4O. The highest BCUT2D eigenvalue weighted by molar-refractivity contribution is 9.10. The first kappa shape index (κ1) is 18.8. The van der Waals surface area contributed by atoms with E-state index in [1.807, 2.05) is 29.2 Å². The number of hydrogen-bond donors (Lipinski definition) is 1. The minimum absolute atomic E-state index is 0.0485. The molecule has 148 valence electrons. The molecule has 1 atom stereocenters. The summed E-state index contributed by atoms with van der Waals surface area (Å²) in [6.07, 6.45) is 3.54. The molecule has 1 N–H and O–H groups in total. The first-order chi connectivity index (χ1) is 14.6. The van der Waals surface area contributed by atoms with Crippen LogP contribution in [0.2, 0.25) is 0 Å². The van der Waals surface area contributed by atoms with Crippen LogP contribution in [0.3, 0.4) is 0 Å². The van der Waals surface area contributed by atoms with E-state index >= 15 is 0 Å². The maximum absolute atomic E-state index is 13.4. The zero-order chi connectivity index (χ0) is 20.7. The van der Waals surface area contributed by atoms with E-state index in [9.17, 15) is 4.79 Å². The third-order valence-corrected chi connectivity index (χ3v) is 5.98.